The molecule has 0 aromatic heterocycles. The van der Waals surface area contributed by atoms with Gasteiger partial charge in [0.25, 0.3) is 0 Å². The summed E-state index contributed by atoms with van der Waals surface area (Å²) in [6, 6.07) is -0.803. The summed E-state index contributed by atoms with van der Waals surface area (Å²) >= 11 is 0. The van der Waals surface area contributed by atoms with Crippen LogP contribution in [-0.2, 0) is 14.4 Å². The minimum atomic E-state index is -0.977. The van der Waals surface area contributed by atoms with Crippen molar-refractivity contribution < 1.29 is 19.5 Å². The van der Waals surface area contributed by atoms with E-state index in [1.54, 1.807) is 0 Å². The number of carboxylic acids is 1. The molecule has 1 atom stereocenters. The zero-order valence-corrected chi connectivity index (χ0v) is 9.65. The monoisotopic (exact) mass is 245 g/mol. The summed E-state index contributed by atoms with van der Waals surface area (Å²) in [5.74, 6) is -1.71. The van der Waals surface area contributed by atoms with Gasteiger partial charge in [-0.05, 0) is 19.3 Å². The topological polar surface area (TPSA) is 136 Å². The van der Waals surface area contributed by atoms with Gasteiger partial charge in [0.2, 0.25) is 11.8 Å². The van der Waals surface area contributed by atoms with Crippen molar-refractivity contribution in [2.45, 2.75) is 38.1 Å². The van der Waals surface area contributed by atoms with E-state index >= 15 is 0 Å². The van der Waals surface area contributed by atoms with Gasteiger partial charge < -0.3 is 21.9 Å². The number of hydrogen-bond donors (Lipinski definition) is 4. The Bertz CT molecular complexity index is 281. The third-order valence-corrected chi connectivity index (χ3v) is 2.16. The Morgan fingerprint density at radius 1 is 1.18 bits per heavy atom. The van der Waals surface area contributed by atoms with Crippen molar-refractivity contribution in [3.05, 3.63) is 0 Å². The maximum absolute atomic E-state index is 11.3. The lowest BCUT2D eigenvalue weighted by Gasteiger charge is -2.10. The molecule has 98 valence electrons. The Morgan fingerprint density at radius 3 is 2.35 bits per heavy atom. The van der Waals surface area contributed by atoms with Crippen LogP contribution >= 0.6 is 0 Å². The fraction of sp³-hybridized carbons (Fsp3) is 0.700. The molecule has 7 heteroatoms. The van der Waals surface area contributed by atoms with E-state index in [2.05, 4.69) is 5.32 Å². The lowest BCUT2D eigenvalue weighted by Crippen LogP contribution is -2.41. The molecule has 0 saturated carbocycles. The van der Waals surface area contributed by atoms with E-state index < -0.39 is 12.0 Å². The highest BCUT2D eigenvalue weighted by atomic mass is 16.4. The van der Waals surface area contributed by atoms with Crippen molar-refractivity contribution >= 4 is 17.8 Å². The highest BCUT2D eigenvalue weighted by Gasteiger charge is 2.13. The first-order chi connectivity index (χ1) is 7.93. The first-order valence-corrected chi connectivity index (χ1v) is 5.47. The third-order valence-electron chi connectivity index (χ3n) is 2.16. The fourth-order valence-corrected chi connectivity index (χ4v) is 1.18. The third kappa shape index (κ3) is 9.31. The number of hydrogen-bond acceptors (Lipinski definition) is 4. The summed E-state index contributed by atoms with van der Waals surface area (Å²) in [5.41, 5.74) is 10.4. The molecule has 6 N–H and O–H groups in total. The van der Waals surface area contributed by atoms with Crippen molar-refractivity contribution in [1.82, 2.24) is 5.32 Å². The Kier molecular flexibility index (Phi) is 7.70. The molecular weight excluding hydrogens is 226 g/mol. The molecular formula is C10H19N3O4. The summed E-state index contributed by atoms with van der Waals surface area (Å²) in [6.07, 6.45) is 1.53. The van der Waals surface area contributed by atoms with Gasteiger partial charge in [-0.2, -0.15) is 0 Å². The maximum atomic E-state index is 11.3. The van der Waals surface area contributed by atoms with Gasteiger partial charge in [0.15, 0.2) is 0 Å². The fourth-order valence-electron chi connectivity index (χ4n) is 1.18. The number of amides is 2. The molecule has 7 nitrogen and oxygen atoms in total. The molecule has 0 radical (unpaired) electrons. The summed E-state index contributed by atoms with van der Waals surface area (Å²) < 4.78 is 0. The van der Waals surface area contributed by atoms with E-state index in [0.717, 1.165) is 0 Å². The lowest BCUT2D eigenvalue weighted by molar-refractivity contribution is -0.137. The van der Waals surface area contributed by atoms with Crippen LogP contribution in [0.1, 0.15) is 32.1 Å². The Balaban J connectivity index is 3.57. The average molecular weight is 245 g/mol. The average Bonchev–Trinajstić information content (AvgIpc) is 2.24. The molecule has 0 aromatic carbocycles. The van der Waals surface area contributed by atoms with Gasteiger partial charge in [-0.25, -0.2) is 0 Å². The minimum Gasteiger partial charge on any atom is -0.481 e. The number of carbonyl (C=O) groups is 3. The summed E-state index contributed by atoms with van der Waals surface area (Å²) in [4.78, 5) is 32.0. The first kappa shape index (κ1) is 15.4. The molecule has 0 aliphatic carbocycles. The summed E-state index contributed by atoms with van der Waals surface area (Å²) in [7, 11) is 0. The Hall–Kier alpha value is -1.63. The van der Waals surface area contributed by atoms with Crippen molar-refractivity contribution in [2.24, 2.45) is 11.5 Å². The summed E-state index contributed by atoms with van der Waals surface area (Å²) in [5, 5.41) is 11.0. The molecule has 0 aliphatic heterocycles. The van der Waals surface area contributed by atoms with Crippen LogP contribution in [0.15, 0.2) is 0 Å². The van der Waals surface area contributed by atoms with Crippen LogP contribution in [0, 0.1) is 0 Å². The molecule has 2 amide bonds. The molecule has 0 fully saturated rings. The second kappa shape index (κ2) is 8.51. The van der Waals surface area contributed by atoms with Crippen molar-refractivity contribution in [3.8, 4) is 0 Å². The van der Waals surface area contributed by atoms with Crippen LogP contribution in [0.4, 0.5) is 0 Å². The van der Waals surface area contributed by atoms with Gasteiger partial charge in [-0.1, -0.05) is 0 Å². The van der Waals surface area contributed by atoms with Crippen molar-refractivity contribution in [3.63, 3.8) is 0 Å². The largest absolute Gasteiger partial charge is 0.481 e. The molecule has 0 bridgehead atoms. The molecule has 0 heterocycles. The van der Waals surface area contributed by atoms with E-state index in [1.165, 1.54) is 0 Å². The van der Waals surface area contributed by atoms with Crippen LogP contribution in [-0.4, -0.2) is 35.5 Å². The Morgan fingerprint density at radius 2 is 1.82 bits per heavy atom. The number of unbranched alkanes of at least 4 members (excludes halogenated alkanes) is 1. The number of carboxylic acid groups (broad SMARTS) is 1. The molecule has 0 rings (SSSR count). The smallest absolute Gasteiger partial charge is 0.303 e. The van der Waals surface area contributed by atoms with Gasteiger partial charge in [0.1, 0.15) is 0 Å². The van der Waals surface area contributed by atoms with Crippen molar-refractivity contribution in [2.75, 3.05) is 6.54 Å². The number of aliphatic carboxylic acids is 1. The lowest BCUT2D eigenvalue weighted by atomic mass is 10.1. The van der Waals surface area contributed by atoms with E-state index in [-0.39, 0.29) is 24.7 Å². The second-order valence-electron chi connectivity index (χ2n) is 3.75. The van der Waals surface area contributed by atoms with Crippen LogP contribution in [0.25, 0.3) is 0 Å². The SMILES string of the molecule is NC(=O)CCCCNC(=O)C(N)CCC(=O)O. The number of primary amides is 1. The molecule has 17 heavy (non-hydrogen) atoms. The zero-order chi connectivity index (χ0) is 13.3. The molecule has 0 saturated heterocycles. The Labute approximate surface area is 99.5 Å². The number of nitrogens with one attached hydrogen (secondary N) is 1. The maximum Gasteiger partial charge on any atom is 0.303 e. The van der Waals surface area contributed by atoms with Gasteiger partial charge in [-0.15, -0.1) is 0 Å². The number of nitrogens with two attached hydrogens (primary N) is 2. The normalized spacial score (nSPS) is 11.8. The van der Waals surface area contributed by atoms with Crippen LogP contribution in [0.3, 0.4) is 0 Å². The number of rotatable bonds is 9. The second-order valence-corrected chi connectivity index (χ2v) is 3.75. The predicted molar refractivity (Wildman–Crippen MR) is 60.9 cm³/mol. The van der Waals surface area contributed by atoms with E-state index in [9.17, 15) is 14.4 Å². The van der Waals surface area contributed by atoms with Crippen LogP contribution < -0.4 is 16.8 Å². The van der Waals surface area contributed by atoms with E-state index in [4.69, 9.17) is 16.6 Å². The quantitative estimate of drug-likeness (QED) is 0.384. The molecule has 0 aliphatic rings. The van der Waals surface area contributed by atoms with Gasteiger partial charge >= 0.3 is 5.97 Å². The molecule has 0 spiro atoms. The van der Waals surface area contributed by atoms with E-state index in [0.29, 0.717) is 25.8 Å². The van der Waals surface area contributed by atoms with Crippen molar-refractivity contribution in [1.29, 1.82) is 0 Å². The predicted octanol–water partition coefficient (Wildman–Crippen LogP) is -1.05. The molecule has 0 aromatic rings. The minimum absolute atomic E-state index is 0.114. The number of carbonyl (C=O) groups excluding carboxylic acids is 2. The van der Waals surface area contributed by atoms with Crippen LogP contribution in [0.2, 0.25) is 0 Å². The van der Waals surface area contributed by atoms with Gasteiger partial charge in [0.05, 0.1) is 6.04 Å². The van der Waals surface area contributed by atoms with Gasteiger partial charge in [-0.3, -0.25) is 14.4 Å². The molecule has 1 unspecified atom stereocenters. The van der Waals surface area contributed by atoms with Gasteiger partial charge in [0, 0.05) is 19.4 Å². The highest BCUT2D eigenvalue weighted by Crippen LogP contribution is 1.96. The first-order valence-electron chi connectivity index (χ1n) is 5.47. The highest BCUT2D eigenvalue weighted by molar-refractivity contribution is 5.82. The summed E-state index contributed by atoms with van der Waals surface area (Å²) in [6.45, 7) is 0.410. The van der Waals surface area contributed by atoms with E-state index in [1.807, 2.05) is 0 Å². The van der Waals surface area contributed by atoms with Crippen LogP contribution in [0.5, 0.6) is 0 Å². The standard InChI is InChI=1S/C10H19N3O4/c11-7(4-5-9(15)16)10(17)13-6-2-1-3-8(12)14/h7H,1-6,11H2,(H2,12,14)(H,13,17)(H,15,16). The zero-order valence-electron chi connectivity index (χ0n) is 9.65.